The molecule has 2 aliphatic heterocycles. The number of anilines is 1. The van der Waals surface area contributed by atoms with Gasteiger partial charge < -0.3 is 25.8 Å². The van der Waals surface area contributed by atoms with E-state index in [4.69, 9.17) is 4.74 Å². The second-order valence-electron chi connectivity index (χ2n) is 7.97. The van der Waals surface area contributed by atoms with E-state index in [1.54, 1.807) is 6.07 Å². The van der Waals surface area contributed by atoms with Crippen molar-refractivity contribution in [2.24, 2.45) is 0 Å². The highest BCUT2D eigenvalue weighted by Gasteiger charge is 2.21. The first-order chi connectivity index (χ1) is 15.1. The molecule has 2 aromatic rings. The highest BCUT2D eigenvalue weighted by atomic mass is 16.5. The summed E-state index contributed by atoms with van der Waals surface area (Å²) in [6.45, 7) is 6.32. The molecule has 1 aromatic carbocycles. The summed E-state index contributed by atoms with van der Waals surface area (Å²) in [6.07, 6.45) is 0.309. The number of benzene rings is 1. The number of aliphatic hydroxyl groups is 1. The van der Waals surface area contributed by atoms with Crippen molar-refractivity contribution in [2.45, 2.75) is 32.0 Å². The topological polar surface area (TPSA) is 112 Å². The molecule has 0 unspecified atom stereocenters. The molecule has 4 rings (SSSR count). The molecule has 2 aliphatic rings. The Bertz CT molecular complexity index is 905. The molecular formula is C22H30N6O3. The Hall–Kier alpha value is -2.75. The van der Waals surface area contributed by atoms with Gasteiger partial charge in [-0.25, -0.2) is 0 Å². The number of ether oxygens (including phenoxy) is 1. The number of β-amino-alcohol motifs (C(OH)–C–C–N with tert-alkyl or cyclic N) is 1. The van der Waals surface area contributed by atoms with E-state index in [-0.39, 0.29) is 30.2 Å². The summed E-state index contributed by atoms with van der Waals surface area (Å²) in [5.74, 6) is 0.198. The van der Waals surface area contributed by atoms with Crippen molar-refractivity contribution in [2.75, 3.05) is 44.6 Å². The number of aromatic nitrogens is 2. The minimum Gasteiger partial charge on any atom is -0.464 e. The van der Waals surface area contributed by atoms with Crippen LogP contribution >= 0.6 is 0 Å². The lowest BCUT2D eigenvalue weighted by atomic mass is 10.00. The fraction of sp³-hybridized carbons (Fsp3) is 0.500. The molecule has 166 valence electrons. The Morgan fingerprint density at radius 3 is 2.87 bits per heavy atom. The van der Waals surface area contributed by atoms with E-state index in [2.05, 4.69) is 49.0 Å². The van der Waals surface area contributed by atoms with Crippen LogP contribution in [0.3, 0.4) is 0 Å². The number of rotatable bonds is 9. The normalized spacial score (nSPS) is 17.4. The molecule has 31 heavy (non-hydrogen) atoms. The Balaban J connectivity index is 1.31. The quantitative estimate of drug-likeness (QED) is 0.456. The highest BCUT2D eigenvalue weighted by Crippen LogP contribution is 2.18. The molecular weight excluding hydrogens is 396 g/mol. The summed E-state index contributed by atoms with van der Waals surface area (Å²) in [5, 5.41) is 19.7. The molecule has 9 nitrogen and oxygen atoms in total. The van der Waals surface area contributed by atoms with Crippen LogP contribution in [0.2, 0.25) is 0 Å². The van der Waals surface area contributed by atoms with Crippen molar-refractivity contribution in [3.05, 3.63) is 47.2 Å². The third-order valence-electron chi connectivity index (χ3n) is 5.52. The van der Waals surface area contributed by atoms with Crippen LogP contribution in [0, 0.1) is 0 Å². The number of hydrogen-bond acceptors (Lipinski definition) is 8. The van der Waals surface area contributed by atoms with Crippen molar-refractivity contribution in [3.63, 3.8) is 0 Å². The lowest BCUT2D eigenvalue weighted by Gasteiger charge is -2.30. The minimum absolute atomic E-state index is 0.153. The maximum absolute atomic E-state index is 12.7. The second-order valence-corrected chi connectivity index (χ2v) is 7.97. The SMILES string of the molecule is CCOc1nc(NC2CNC2)cc(C(=O)NC[C@H](O)CN2CCc3ccccc3C2)n1. The zero-order chi connectivity index (χ0) is 21.6. The smallest absolute Gasteiger partial charge is 0.319 e. The maximum Gasteiger partial charge on any atom is 0.319 e. The number of carbonyl (C=O) groups excluding carboxylic acids is 1. The molecule has 3 heterocycles. The molecule has 0 aliphatic carbocycles. The highest BCUT2D eigenvalue weighted by molar-refractivity contribution is 5.93. The average Bonchev–Trinajstić information content (AvgIpc) is 2.74. The van der Waals surface area contributed by atoms with Crippen LogP contribution in [0.15, 0.2) is 30.3 Å². The van der Waals surface area contributed by atoms with Gasteiger partial charge in [0, 0.05) is 45.3 Å². The predicted molar refractivity (Wildman–Crippen MR) is 117 cm³/mol. The van der Waals surface area contributed by atoms with Gasteiger partial charge in [-0.1, -0.05) is 24.3 Å². The summed E-state index contributed by atoms with van der Waals surface area (Å²) in [6, 6.07) is 10.5. The van der Waals surface area contributed by atoms with Crippen molar-refractivity contribution >= 4 is 11.7 Å². The van der Waals surface area contributed by atoms with E-state index in [1.807, 2.05) is 13.0 Å². The van der Waals surface area contributed by atoms with Gasteiger partial charge in [-0.3, -0.25) is 9.69 Å². The van der Waals surface area contributed by atoms with Gasteiger partial charge in [0.25, 0.3) is 5.91 Å². The molecule has 1 fully saturated rings. The number of nitrogens with zero attached hydrogens (tertiary/aromatic N) is 3. The summed E-state index contributed by atoms with van der Waals surface area (Å²) in [5.41, 5.74) is 2.89. The Kier molecular flexibility index (Phi) is 6.96. The van der Waals surface area contributed by atoms with E-state index in [1.165, 1.54) is 11.1 Å². The predicted octanol–water partition coefficient (Wildman–Crippen LogP) is 0.408. The number of hydrogen-bond donors (Lipinski definition) is 4. The van der Waals surface area contributed by atoms with Crippen LogP contribution in [0.4, 0.5) is 5.82 Å². The number of amides is 1. The average molecular weight is 427 g/mol. The second kappa shape index (κ2) is 10.0. The number of carbonyl (C=O) groups is 1. The first kappa shape index (κ1) is 21.5. The van der Waals surface area contributed by atoms with Gasteiger partial charge in [0.15, 0.2) is 0 Å². The lowest BCUT2D eigenvalue weighted by molar-refractivity contribution is 0.0837. The summed E-state index contributed by atoms with van der Waals surface area (Å²) in [4.78, 5) is 23.4. The molecule has 0 radical (unpaired) electrons. The monoisotopic (exact) mass is 426 g/mol. The first-order valence-corrected chi connectivity index (χ1v) is 10.8. The minimum atomic E-state index is -0.666. The van der Waals surface area contributed by atoms with Gasteiger partial charge >= 0.3 is 6.01 Å². The largest absolute Gasteiger partial charge is 0.464 e. The first-order valence-electron chi connectivity index (χ1n) is 10.8. The van der Waals surface area contributed by atoms with Gasteiger partial charge in [0.05, 0.1) is 18.8 Å². The fourth-order valence-electron chi connectivity index (χ4n) is 3.78. The molecule has 1 saturated heterocycles. The van der Waals surface area contributed by atoms with Crippen LogP contribution < -0.4 is 20.7 Å². The van der Waals surface area contributed by atoms with Crippen LogP contribution in [-0.2, 0) is 13.0 Å². The van der Waals surface area contributed by atoms with Gasteiger partial charge in [-0.05, 0) is 24.5 Å². The number of fused-ring (bicyclic) bond motifs is 1. The van der Waals surface area contributed by atoms with E-state index in [9.17, 15) is 9.90 Å². The third-order valence-corrected chi connectivity index (χ3v) is 5.52. The molecule has 0 saturated carbocycles. The van der Waals surface area contributed by atoms with E-state index in [0.29, 0.717) is 19.0 Å². The van der Waals surface area contributed by atoms with Crippen molar-refractivity contribution < 1.29 is 14.6 Å². The third kappa shape index (κ3) is 5.69. The van der Waals surface area contributed by atoms with Crippen LogP contribution in [0.5, 0.6) is 6.01 Å². The molecule has 0 bridgehead atoms. The Morgan fingerprint density at radius 1 is 1.32 bits per heavy atom. The fourth-order valence-corrected chi connectivity index (χ4v) is 3.78. The van der Waals surface area contributed by atoms with E-state index in [0.717, 1.165) is 32.6 Å². The summed E-state index contributed by atoms with van der Waals surface area (Å²) in [7, 11) is 0. The molecule has 1 aromatic heterocycles. The van der Waals surface area contributed by atoms with Gasteiger partial charge in [-0.15, -0.1) is 0 Å². The van der Waals surface area contributed by atoms with Crippen LogP contribution in [0.25, 0.3) is 0 Å². The molecule has 9 heteroatoms. The van der Waals surface area contributed by atoms with Crippen LogP contribution in [0.1, 0.15) is 28.5 Å². The summed E-state index contributed by atoms with van der Waals surface area (Å²) >= 11 is 0. The van der Waals surface area contributed by atoms with Crippen LogP contribution in [-0.4, -0.2) is 77.4 Å². The standard InChI is InChI=1S/C22H30N6O3/c1-2-31-22-26-19(9-20(27-22)25-17-10-23-11-17)21(30)24-12-18(29)14-28-8-7-15-5-3-4-6-16(15)13-28/h3-6,9,17-18,23,29H,2,7-8,10-14H2,1H3,(H,24,30)(H,25,26,27)/t18-/m0/s1. The number of aliphatic hydroxyl groups excluding tert-OH is 1. The Morgan fingerprint density at radius 2 is 2.13 bits per heavy atom. The lowest BCUT2D eigenvalue weighted by Crippen LogP contribution is -2.51. The maximum atomic E-state index is 12.7. The van der Waals surface area contributed by atoms with E-state index >= 15 is 0 Å². The Labute approximate surface area is 182 Å². The van der Waals surface area contributed by atoms with Crippen molar-refractivity contribution in [3.8, 4) is 6.01 Å². The number of nitrogens with one attached hydrogen (secondary N) is 3. The molecule has 1 atom stereocenters. The molecule has 0 spiro atoms. The van der Waals surface area contributed by atoms with Gasteiger partial charge in [0.2, 0.25) is 0 Å². The van der Waals surface area contributed by atoms with E-state index < -0.39 is 6.10 Å². The summed E-state index contributed by atoms with van der Waals surface area (Å²) < 4.78 is 5.41. The molecule has 1 amide bonds. The zero-order valence-corrected chi connectivity index (χ0v) is 17.8. The van der Waals surface area contributed by atoms with Gasteiger partial charge in [-0.2, -0.15) is 9.97 Å². The van der Waals surface area contributed by atoms with Crippen molar-refractivity contribution in [1.29, 1.82) is 0 Å². The molecule has 4 N–H and O–H groups in total. The zero-order valence-electron chi connectivity index (χ0n) is 17.8. The van der Waals surface area contributed by atoms with Crippen molar-refractivity contribution in [1.82, 2.24) is 25.5 Å². The van der Waals surface area contributed by atoms with Gasteiger partial charge in [0.1, 0.15) is 11.5 Å².